The standard InChI is InChI=1S/C20H19NO3S/c1-24-19-8-5-15(13-21-19)18-12-20(9-10-20)11-17(18)14-3-6-16(7-4-14)25(2,22)23/h3-8,11-13H,9-10H2,1-2H3. The molecule has 1 saturated carbocycles. The first-order valence-electron chi connectivity index (χ1n) is 8.17. The topological polar surface area (TPSA) is 56.3 Å². The van der Waals surface area contributed by atoms with E-state index in [-0.39, 0.29) is 5.41 Å². The van der Waals surface area contributed by atoms with Gasteiger partial charge in [0.2, 0.25) is 5.88 Å². The van der Waals surface area contributed by atoms with Gasteiger partial charge in [-0.25, -0.2) is 13.4 Å². The predicted octanol–water partition coefficient (Wildman–Crippen LogP) is 3.75. The van der Waals surface area contributed by atoms with Crippen molar-refractivity contribution in [3.8, 4) is 5.88 Å². The van der Waals surface area contributed by atoms with Crippen molar-refractivity contribution in [2.75, 3.05) is 13.4 Å². The zero-order valence-electron chi connectivity index (χ0n) is 14.2. The van der Waals surface area contributed by atoms with Crippen LogP contribution < -0.4 is 4.74 Å². The van der Waals surface area contributed by atoms with Gasteiger partial charge in [-0.2, -0.15) is 0 Å². The van der Waals surface area contributed by atoms with Gasteiger partial charge in [0.15, 0.2) is 9.84 Å². The van der Waals surface area contributed by atoms with Crippen molar-refractivity contribution in [3.05, 3.63) is 65.9 Å². The van der Waals surface area contributed by atoms with E-state index in [1.807, 2.05) is 30.5 Å². The van der Waals surface area contributed by atoms with Crippen molar-refractivity contribution in [3.63, 3.8) is 0 Å². The van der Waals surface area contributed by atoms with Gasteiger partial charge in [0.1, 0.15) is 0 Å². The van der Waals surface area contributed by atoms with Gasteiger partial charge in [-0.3, -0.25) is 0 Å². The minimum atomic E-state index is -3.18. The third-order valence-corrected chi connectivity index (χ3v) is 5.96. The molecule has 25 heavy (non-hydrogen) atoms. The molecule has 0 saturated heterocycles. The molecule has 0 bridgehead atoms. The predicted molar refractivity (Wildman–Crippen MR) is 98.0 cm³/mol. The monoisotopic (exact) mass is 353 g/mol. The van der Waals surface area contributed by atoms with Crippen molar-refractivity contribution in [1.29, 1.82) is 0 Å². The summed E-state index contributed by atoms with van der Waals surface area (Å²) in [5, 5.41) is 0. The Labute approximate surface area is 147 Å². The number of aromatic nitrogens is 1. The molecule has 0 N–H and O–H groups in total. The molecule has 1 fully saturated rings. The molecule has 4 rings (SSSR count). The lowest BCUT2D eigenvalue weighted by molar-refractivity contribution is 0.398. The lowest BCUT2D eigenvalue weighted by atomic mass is 9.96. The number of pyridine rings is 1. The fraction of sp³-hybridized carbons (Fsp3) is 0.250. The number of rotatable bonds is 4. The van der Waals surface area contributed by atoms with Crippen molar-refractivity contribution in [1.82, 2.24) is 4.98 Å². The zero-order valence-corrected chi connectivity index (χ0v) is 15.0. The van der Waals surface area contributed by atoms with Gasteiger partial charge < -0.3 is 4.74 Å². The molecule has 1 heterocycles. The molecular formula is C20H19NO3S. The lowest BCUT2D eigenvalue weighted by Gasteiger charge is -2.10. The zero-order chi connectivity index (χ0) is 17.7. The summed E-state index contributed by atoms with van der Waals surface area (Å²) in [6.45, 7) is 0. The van der Waals surface area contributed by atoms with E-state index >= 15 is 0 Å². The van der Waals surface area contributed by atoms with E-state index in [9.17, 15) is 8.42 Å². The Bertz CT molecular complexity index is 980. The number of ether oxygens (including phenoxy) is 1. The van der Waals surface area contributed by atoms with Crippen LogP contribution in [0.25, 0.3) is 11.1 Å². The fourth-order valence-corrected chi connectivity index (χ4v) is 3.86. The molecule has 5 heteroatoms. The van der Waals surface area contributed by atoms with E-state index in [1.165, 1.54) is 6.26 Å². The first-order chi connectivity index (χ1) is 11.9. The van der Waals surface area contributed by atoms with Gasteiger partial charge in [0.05, 0.1) is 12.0 Å². The fourth-order valence-electron chi connectivity index (χ4n) is 3.22. The molecule has 0 aliphatic heterocycles. The summed E-state index contributed by atoms with van der Waals surface area (Å²) >= 11 is 0. The number of sulfone groups is 1. The van der Waals surface area contributed by atoms with Gasteiger partial charge in [-0.15, -0.1) is 0 Å². The summed E-state index contributed by atoms with van der Waals surface area (Å²) in [6, 6.07) is 11.0. The number of methoxy groups -OCH3 is 1. The number of nitrogens with zero attached hydrogens (tertiary/aromatic N) is 1. The Hall–Kier alpha value is -2.40. The summed E-state index contributed by atoms with van der Waals surface area (Å²) < 4.78 is 28.5. The van der Waals surface area contributed by atoms with E-state index in [0.717, 1.165) is 35.1 Å². The van der Waals surface area contributed by atoms with Crippen LogP contribution in [-0.2, 0) is 9.84 Å². The Morgan fingerprint density at radius 1 is 0.960 bits per heavy atom. The molecule has 128 valence electrons. The molecule has 0 atom stereocenters. The van der Waals surface area contributed by atoms with Crippen LogP contribution in [0.4, 0.5) is 0 Å². The number of benzene rings is 1. The molecular weight excluding hydrogens is 334 g/mol. The van der Waals surface area contributed by atoms with Gasteiger partial charge >= 0.3 is 0 Å². The molecule has 2 aliphatic rings. The maximum absolute atomic E-state index is 11.7. The summed E-state index contributed by atoms with van der Waals surface area (Å²) in [5.41, 5.74) is 4.53. The largest absolute Gasteiger partial charge is 0.481 e. The summed E-state index contributed by atoms with van der Waals surface area (Å²) in [7, 11) is -1.58. The second-order valence-electron chi connectivity index (χ2n) is 6.73. The van der Waals surface area contributed by atoms with E-state index in [1.54, 1.807) is 19.2 Å². The average Bonchev–Trinajstić information content (AvgIpc) is 3.25. The van der Waals surface area contributed by atoms with E-state index < -0.39 is 9.84 Å². The van der Waals surface area contributed by atoms with Crippen LogP contribution in [0.3, 0.4) is 0 Å². The lowest BCUT2D eigenvalue weighted by Crippen LogP contribution is -1.97. The Morgan fingerprint density at radius 3 is 2.04 bits per heavy atom. The van der Waals surface area contributed by atoms with Crippen LogP contribution in [0, 0.1) is 5.41 Å². The van der Waals surface area contributed by atoms with Gasteiger partial charge in [0, 0.05) is 29.5 Å². The third-order valence-electron chi connectivity index (χ3n) is 4.83. The minimum absolute atomic E-state index is 0.167. The van der Waals surface area contributed by atoms with Crippen molar-refractivity contribution < 1.29 is 13.2 Å². The molecule has 1 aromatic heterocycles. The Morgan fingerprint density at radius 2 is 1.56 bits per heavy atom. The highest BCUT2D eigenvalue weighted by molar-refractivity contribution is 7.90. The third kappa shape index (κ3) is 3.00. The Balaban J connectivity index is 1.73. The maximum atomic E-state index is 11.7. The molecule has 2 aromatic rings. The normalized spacial score (nSPS) is 18.0. The van der Waals surface area contributed by atoms with Crippen LogP contribution in [-0.4, -0.2) is 26.8 Å². The first kappa shape index (κ1) is 16.1. The number of hydrogen-bond donors (Lipinski definition) is 0. The molecule has 0 radical (unpaired) electrons. The SMILES string of the molecule is COc1ccc(C2=CC3(C=C2c2ccc(S(C)(=O)=O)cc2)CC3)cn1. The molecule has 2 aliphatic carbocycles. The maximum Gasteiger partial charge on any atom is 0.212 e. The minimum Gasteiger partial charge on any atom is -0.481 e. The highest BCUT2D eigenvalue weighted by Crippen LogP contribution is 2.57. The molecule has 1 aromatic carbocycles. The van der Waals surface area contributed by atoms with Gasteiger partial charge in [-0.1, -0.05) is 24.3 Å². The molecule has 0 unspecified atom stereocenters. The highest BCUT2D eigenvalue weighted by Gasteiger charge is 2.43. The molecule has 4 nitrogen and oxygen atoms in total. The van der Waals surface area contributed by atoms with E-state index in [0.29, 0.717) is 10.8 Å². The van der Waals surface area contributed by atoms with E-state index in [4.69, 9.17) is 4.74 Å². The summed E-state index contributed by atoms with van der Waals surface area (Å²) in [4.78, 5) is 4.66. The molecule has 0 amide bonds. The van der Waals surface area contributed by atoms with Crippen LogP contribution in [0.2, 0.25) is 0 Å². The number of allylic oxidation sites excluding steroid dienone is 4. The van der Waals surface area contributed by atoms with Crippen molar-refractivity contribution in [2.45, 2.75) is 17.7 Å². The van der Waals surface area contributed by atoms with Crippen LogP contribution in [0.1, 0.15) is 24.0 Å². The smallest absolute Gasteiger partial charge is 0.212 e. The highest BCUT2D eigenvalue weighted by atomic mass is 32.2. The molecule has 1 spiro atoms. The summed E-state index contributed by atoms with van der Waals surface area (Å²) in [5.74, 6) is 0.589. The second kappa shape index (κ2) is 5.56. The van der Waals surface area contributed by atoms with E-state index in [2.05, 4.69) is 17.1 Å². The second-order valence-corrected chi connectivity index (χ2v) is 8.75. The summed E-state index contributed by atoms with van der Waals surface area (Å²) in [6.07, 6.45) is 9.99. The van der Waals surface area contributed by atoms with Crippen LogP contribution in [0.15, 0.2) is 59.6 Å². The Kier molecular flexibility index (Phi) is 3.58. The van der Waals surface area contributed by atoms with Crippen LogP contribution >= 0.6 is 0 Å². The number of hydrogen-bond acceptors (Lipinski definition) is 4. The van der Waals surface area contributed by atoms with Crippen molar-refractivity contribution >= 4 is 21.0 Å². The van der Waals surface area contributed by atoms with Crippen LogP contribution in [0.5, 0.6) is 5.88 Å². The first-order valence-corrected chi connectivity index (χ1v) is 10.1. The van der Waals surface area contributed by atoms with Gasteiger partial charge in [0.25, 0.3) is 0 Å². The van der Waals surface area contributed by atoms with Gasteiger partial charge in [-0.05, 0) is 47.8 Å². The average molecular weight is 353 g/mol. The quantitative estimate of drug-likeness (QED) is 0.840. The van der Waals surface area contributed by atoms with Crippen molar-refractivity contribution in [2.24, 2.45) is 5.41 Å².